The Hall–Kier alpha value is -1.73. The summed E-state index contributed by atoms with van der Waals surface area (Å²) in [5, 5.41) is 2.40. The van der Waals surface area contributed by atoms with Crippen LogP contribution in [0.5, 0.6) is 5.75 Å². The van der Waals surface area contributed by atoms with Gasteiger partial charge in [0.2, 0.25) is 11.1 Å². The van der Waals surface area contributed by atoms with E-state index in [1.165, 1.54) is 0 Å². The van der Waals surface area contributed by atoms with Crippen molar-refractivity contribution in [2.45, 2.75) is 11.8 Å². The van der Waals surface area contributed by atoms with Crippen molar-refractivity contribution in [1.29, 1.82) is 0 Å². The van der Waals surface area contributed by atoms with Crippen molar-refractivity contribution in [1.82, 2.24) is 0 Å². The number of benzene rings is 3. The summed E-state index contributed by atoms with van der Waals surface area (Å²) >= 11 is 1.86. The lowest BCUT2D eigenvalue weighted by atomic mass is 10.1. The average Bonchev–Trinajstić information content (AvgIpc) is 2.56. The zero-order valence-electron chi connectivity index (χ0n) is 12.6. The van der Waals surface area contributed by atoms with Gasteiger partial charge in [0.05, 0.1) is 4.90 Å². The highest BCUT2D eigenvalue weighted by atomic mass is 35.5. The van der Waals surface area contributed by atoms with Crippen LogP contribution in [-0.2, 0) is 26.1 Å². The number of fused-ring (bicyclic) bond motifs is 1. The van der Waals surface area contributed by atoms with Crippen molar-refractivity contribution >= 4 is 44.8 Å². The predicted molar refractivity (Wildman–Crippen MR) is 96.4 cm³/mol. The molecule has 24 heavy (non-hydrogen) atoms. The maximum Gasteiger partial charge on any atom is 0.374 e. The highest BCUT2D eigenvalue weighted by Crippen LogP contribution is 2.23. The highest BCUT2D eigenvalue weighted by molar-refractivity contribution is 7.91. The van der Waals surface area contributed by atoms with E-state index in [4.69, 9.17) is 19.4 Å². The molecular formula is C17H13ClO4S2. The van der Waals surface area contributed by atoms with Gasteiger partial charge in [-0.2, -0.15) is 7.84 Å². The molecule has 0 fully saturated rings. The van der Waals surface area contributed by atoms with Gasteiger partial charge >= 0.3 is 11.4 Å². The largest absolute Gasteiger partial charge is 0.379 e. The van der Waals surface area contributed by atoms with Crippen molar-refractivity contribution in [3.8, 4) is 5.75 Å². The van der Waals surface area contributed by atoms with Gasteiger partial charge in [0.25, 0.3) is 0 Å². The van der Waals surface area contributed by atoms with Gasteiger partial charge in [0.15, 0.2) is 0 Å². The van der Waals surface area contributed by atoms with E-state index < -0.39 is 22.4 Å². The van der Waals surface area contributed by atoms with Gasteiger partial charge in [-0.15, -0.1) is 0 Å². The molecule has 7 heteroatoms. The molecule has 0 saturated heterocycles. The topological polar surface area (TPSA) is 52.6 Å². The van der Waals surface area contributed by atoms with E-state index in [1.54, 1.807) is 36.4 Å². The fourth-order valence-electron chi connectivity index (χ4n) is 2.07. The second-order valence-corrected chi connectivity index (χ2v) is 7.55. The van der Waals surface area contributed by atoms with Gasteiger partial charge in [-0.1, -0.05) is 41.4 Å². The maximum atomic E-state index is 12.2. The van der Waals surface area contributed by atoms with Crippen LogP contribution in [0.15, 0.2) is 65.6 Å². The first-order chi connectivity index (χ1) is 11.5. The van der Waals surface area contributed by atoms with E-state index in [0.717, 1.165) is 16.3 Å². The Labute approximate surface area is 149 Å². The molecule has 0 saturated carbocycles. The van der Waals surface area contributed by atoms with Crippen LogP contribution >= 0.6 is 11.6 Å². The van der Waals surface area contributed by atoms with Gasteiger partial charge in [0, 0.05) is 5.02 Å². The fraction of sp³-hybridized carbons (Fsp3) is 0.0588. The van der Waals surface area contributed by atoms with Crippen LogP contribution < -0.4 is 4.18 Å². The lowest BCUT2D eigenvalue weighted by molar-refractivity contribution is 0.473. The van der Waals surface area contributed by atoms with Gasteiger partial charge in [0.1, 0.15) is 5.75 Å². The fourth-order valence-corrected chi connectivity index (χ4v) is 3.75. The van der Waals surface area contributed by atoms with Crippen molar-refractivity contribution < 1.29 is 16.2 Å². The Balaban J connectivity index is 1.71. The highest BCUT2D eigenvalue weighted by Gasteiger charge is 2.13. The van der Waals surface area contributed by atoms with E-state index in [1.807, 2.05) is 31.2 Å². The van der Waals surface area contributed by atoms with Crippen LogP contribution in [0.25, 0.3) is 10.8 Å². The van der Waals surface area contributed by atoms with Crippen molar-refractivity contribution in [2.24, 2.45) is 0 Å². The average molecular weight is 381 g/mol. The summed E-state index contributed by atoms with van der Waals surface area (Å²) in [6.07, 6.45) is 0. The molecule has 0 aliphatic carbocycles. The standard InChI is InChI=1S/C17H13ClO4S2/c1-12-2-7-16(8-3-12)21-24(20)22-23(19)17-9-5-13-10-15(18)6-4-14(13)11-17/h2-11H,1H3. The minimum Gasteiger partial charge on any atom is -0.379 e. The molecule has 2 unspecified atom stereocenters. The lowest BCUT2D eigenvalue weighted by Gasteiger charge is -2.06. The summed E-state index contributed by atoms with van der Waals surface area (Å²) < 4.78 is 34.1. The summed E-state index contributed by atoms with van der Waals surface area (Å²) in [4.78, 5) is 0.394. The third-order valence-corrected chi connectivity index (χ3v) is 5.41. The van der Waals surface area contributed by atoms with Gasteiger partial charge < -0.3 is 4.18 Å². The smallest absolute Gasteiger partial charge is 0.374 e. The summed E-state index contributed by atoms with van der Waals surface area (Å²) in [6, 6.07) is 17.5. The molecule has 0 bridgehead atoms. The molecule has 3 aromatic carbocycles. The van der Waals surface area contributed by atoms with Crippen LogP contribution in [0.4, 0.5) is 0 Å². The van der Waals surface area contributed by atoms with E-state index >= 15 is 0 Å². The molecule has 0 heterocycles. The monoisotopic (exact) mass is 380 g/mol. The summed E-state index contributed by atoms with van der Waals surface area (Å²) in [5.74, 6) is 0.379. The molecule has 0 radical (unpaired) electrons. The van der Waals surface area contributed by atoms with Crippen LogP contribution in [-0.4, -0.2) is 8.42 Å². The Morgan fingerprint density at radius 1 is 0.875 bits per heavy atom. The molecule has 0 amide bonds. The van der Waals surface area contributed by atoms with E-state index in [-0.39, 0.29) is 0 Å². The molecule has 124 valence electrons. The summed E-state index contributed by atoms with van der Waals surface area (Å²) in [5.41, 5.74) is 1.05. The predicted octanol–water partition coefficient (Wildman–Crippen LogP) is 4.50. The number of hydrogen-bond acceptors (Lipinski definition) is 4. The van der Waals surface area contributed by atoms with E-state index in [9.17, 15) is 8.42 Å². The second-order valence-electron chi connectivity index (χ2n) is 5.06. The van der Waals surface area contributed by atoms with Crippen LogP contribution in [0.3, 0.4) is 0 Å². The lowest BCUT2D eigenvalue weighted by Crippen LogP contribution is -2.07. The Morgan fingerprint density at radius 3 is 2.29 bits per heavy atom. The molecule has 0 aliphatic rings. The molecule has 0 N–H and O–H groups in total. The minimum atomic E-state index is -2.17. The number of rotatable bonds is 5. The van der Waals surface area contributed by atoms with E-state index in [2.05, 4.69) is 0 Å². The van der Waals surface area contributed by atoms with Crippen molar-refractivity contribution in [3.05, 3.63) is 71.2 Å². The van der Waals surface area contributed by atoms with Gasteiger partial charge in [-0.25, -0.2) is 4.21 Å². The first-order valence-electron chi connectivity index (χ1n) is 6.98. The molecule has 4 nitrogen and oxygen atoms in total. The summed E-state index contributed by atoms with van der Waals surface area (Å²) in [6.45, 7) is 1.93. The Morgan fingerprint density at radius 2 is 1.54 bits per heavy atom. The zero-order chi connectivity index (χ0) is 17.1. The van der Waals surface area contributed by atoms with Crippen molar-refractivity contribution in [2.75, 3.05) is 0 Å². The Kier molecular flexibility index (Phi) is 5.30. The summed E-state index contributed by atoms with van der Waals surface area (Å²) in [7, 11) is 0. The molecule has 2 atom stereocenters. The van der Waals surface area contributed by atoms with E-state index in [0.29, 0.717) is 15.7 Å². The van der Waals surface area contributed by atoms with Crippen LogP contribution in [0, 0.1) is 6.92 Å². The number of hydrogen-bond donors (Lipinski definition) is 0. The maximum absolute atomic E-state index is 12.2. The minimum absolute atomic E-state index is 0.379. The molecule has 0 spiro atoms. The Bertz CT molecular complexity index is 926. The van der Waals surface area contributed by atoms with Crippen LogP contribution in [0.2, 0.25) is 5.02 Å². The first-order valence-corrected chi connectivity index (χ1v) is 9.43. The van der Waals surface area contributed by atoms with Crippen molar-refractivity contribution in [3.63, 3.8) is 0 Å². The van der Waals surface area contributed by atoms with Gasteiger partial charge in [-0.05, 0) is 54.1 Å². The third-order valence-electron chi connectivity index (χ3n) is 3.27. The van der Waals surface area contributed by atoms with Crippen LogP contribution in [0.1, 0.15) is 5.56 Å². The molecule has 0 aromatic heterocycles. The zero-order valence-corrected chi connectivity index (χ0v) is 15.0. The second kappa shape index (κ2) is 7.44. The SMILES string of the molecule is Cc1ccc(OS(=O)OS(=O)c2ccc3cc(Cl)ccc3c2)cc1. The number of aryl methyl sites for hydroxylation is 1. The molecule has 0 aliphatic heterocycles. The quantitative estimate of drug-likeness (QED) is 0.654. The van der Waals surface area contributed by atoms with Gasteiger partial charge in [-0.3, -0.25) is 0 Å². The number of halogens is 1. The normalized spacial score (nSPS) is 13.6. The molecule has 3 aromatic rings. The molecule has 3 rings (SSSR count). The molecular weight excluding hydrogens is 368 g/mol. The first kappa shape index (κ1) is 17.1. The third kappa shape index (κ3) is 4.21.